The Morgan fingerprint density at radius 1 is 1.00 bits per heavy atom. The molecular formula is C34H48ClN3O3S. The predicted octanol–water partition coefficient (Wildman–Crippen LogP) is 6.19. The van der Waals surface area contributed by atoms with Crippen LogP contribution in [0, 0.1) is 5.92 Å². The van der Waals surface area contributed by atoms with Crippen LogP contribution in [0.3, 0.4) is 0 Å². The zero-order valence-electron chi connectivity index (χ0n) is 26.4. The highest BCUT2D eigenvalue weighted by atomic mass is 35.5. The lowest BCUT2D eigenvalue weighted by atomic mass is 9.92. The van der Waals surface area contributed by atoms with Gasteiger partial charge in [0.05, 0.1) is 10.3 Å². The van der Waals surface area contributed by atoms with E-state index in [1.165, 1.54) is 28.0 Å². The van der Waals surface area contributed by atoms with Crippen molar-refractivity contribution >= 4 is 34.8 Å². The predicted molar refractivity (Wildman–Crippen MR) is 171 cm³/mol. The third-order valence-corrected chi connectivity index (χ3v) is 10.6. The number of esters is 1. The number of benzene rings is 1. The minimum atomic E-state index is -0.558. The van der Waals surface area contributed by atoms with Crippen LogP contribution >= 0.6 is 22.9 Å². The first kappa shape index (κ1) is 31.5. The lowest BCUT2D eigenvalue weighted by Gasteiger charge is -2.44. The van der Waals surface area contributed by atoms with Crippen LogP contribution in [-0.2, 0) is 33.6 Å². The molecule has 1 amide bonds. The Bertz CT molecular complexity index is 1300. The van der Waals surface area contributed by atoms with Crippen LogP contribution in [0.25, 0.3) is 0 Å². The second-order valence-electron chi connectivity index (χ2n) is 14.5. The number of rotatable bonds is 6. The Labute approximate surface area is 261 Å². The van der Waals surface area contributed by atoms with Crippen molar-refractivity contribution < 1.29 is 14.3 Å². The summed E-state index contributed by atoms with van der Waals surface area (Å²) >= 11 is 7.92. The molecule has 42 heavy (non-hydrogen) atoms. The Balaban J connectivity index is 1.33. The van der Waals surface area contributed by atoms with Crippen LogP contribution in [0.15, 0.2) is 30.3 Å². The lowest BCUT2D eigenvalue weighted by molar-refractivity contribution is -0.163. The van der Waals surface area contributed by atoms with E-state index < -0.39 is 5.60 Å². The summed E-state index contributed by atoms with van der Waals surface area (Å²) in [5, 5.41) is 0. The van der Waals surface area contributed by atoms with E-state index in [1.807, 2.05) is 26.8 Å². The summed E-state index contributed by atoms with van der Waals surface area (Å²) in [6, 6.07) is 10.4. The molecule has 0 saturated carbocycles. The molecule has 0 spiro atoms. The summed E-state index contributed by atoms with van der Waals surface area (Å²) < 4.78 is 6.71. The number of fused-ring (bicyclic) bond motifs is 1. The van der Waals surface area contributed by atoms with Gasteiger partial charge in [0, 0.05) is 55.1 Å². The second-order valence-corrected chi connectivity index (χ2v) is 16.3. The van der Waals surface area contributed by atoms with Gasteiger partial charge in [0.1, 0.15) is 11.6 Å². The molecular weight excluding hydrogens is 566 g/mol. The first-order valence-corrected chi connectivity index (χ1v) is 16.8. The molecule has 2 fully saturated rings. The summed E-state index contributed by atoms with van der Waals surface area (Å²) in [6.07, 6.45) is 4.09. The SMILES string of the molecule is C[C@H]1CN([C@@H](Cc2ccc3c(c2)CCC3)C(=O)OC(C)(C)C)CCN1C(=O)C1CN(C(C)(C)C)CC1c1ccc(Cl)s1. The van der Waals surface area contributed by atoms with E-state index in [9.17, 15) is 9.59 Å². The molecule has 2 aliphatic heterocycles. The second kappa shape index (κ2) is 12.2. The van der Waals surface area contributed by atoms with Gasteiger partial charge in [0.15, 0.2) is 0 Å². The molecule has 2 aromatic rings. The number of aryl methyl sites for hydroxylation is 2. The van der Waals surface area contributed by atoms with Gasteiger partial charge < -0.3 is 9.64 Å². The Hall–Kier alpha value is -1.93. The number of hydrogen-bond acceptors (Lipinski definition) is 6. The number of carbonyl (C=O) groups is 2. The van der Waals surface area contributed by atoms with Crippen molar-refractivity contribution in [3.05, 3.63) is 56.2 Å². The van der Waals surface area contributed by atoms with Gasteiger partial charge in [-0.05, 0) is 103 Å². The molecule has 1 aromatic heterocycles. The Kier molecular flexibility index (Phi) is 9.16. The van der Waals surface area contributed by atoms with Crippen molar-refractivity contribution in [3.8, 4) is 0 Å². The topological polar surface area (TPSA) is 53.1 Å². The minimum absolute atomic E-state index is 0.00697. The molecule has 0 N–H and O–H groups in total. The molecule has 2 unspecified atom stereocenters. The molecule has 4 atom stereocenters. The number of nitrogens with zero attached hydrogens (tertiary/aromatic N) is 3. The highest BCUT2D eigenvalue weighted by molar-refractivity contribution is 7.16. The van der Waals surface area contributed by atoms with Crippen molar-refractivity contribution in [1.29, 1.82) is 0 Å². The van der Waals surface area contributed by atoms with Crippen LogP contribution in [0.4, 0.5) is 0 Å². The van der Waals surface area contributed by atoms with Crippen LogP contribution in [-0.4, -0.2) is 82.5 Å². The van der Waals surface area contributed by atoms with Crippen LogP contribution < -0.4 is 0 Å². The maximum absolute atomic E-state index is 14.2. The van der Waals surface area contributed by atoms with Gasteiger partial charge in [-0.3, -0.25) is 19.4 Å². The number of thiophene rings is 1. The average molecular weight is 614 g/mol. The monoisotopic (exact) mass is 613 g/mol. The summed E-state index contributed by atoms with van der Waals surface area (Å²) in [7, 11) is 0. The third kappa shape index (κ3) is 7.06. The zero-order chi connectivity index (χ0) is 30.4. The maximum atomic E-state index is 14.2. The van der Waals surface area contributed by atoms with Crippen molar-refractivity contribution in [2.75, 3.05) is 32.7 Å². The van der Waals surface area contributed by atoms with Gasteiger partial charge in [-0.15, -0.1) is 11.3 Å². The van der Waals surface area contributed by atoms with Gasteiger partial charge in [-0.1, -0.05) is 29.8 Å². The van der Waals surface area contributed by atoms with E-state index in [-0.39, 0.29) is 41.3 Å². The normalized spacial score (nSPS) is 24.6. The summed E-state index contributed by atoms with van der Waals surface area (Å²) in [4.78, 5) is 35.8. The number of ether oxygens (including phenoxy) is 1. The van der Waals surface area contributed by atoms with Gasteiger partial charge in [0.25, 0.3) is 0 Å². The average Bonchev–Trinajstić information content (AvgIpc) is 3.64. The van der Waals surface area contributed by atoms with Crippen LogP contribution in [0.1, 0.15) is 82.4 Å². The molecule has 230 valence electrons. The summed E-state index contributed by atoms with van der Waals surface area (Å²) in [5.41, 5.74) is 3.47. The van der Waals surface area contributed by atoms with Gasteiger partial charge in [-0.25, -0.2) is 0 Å². The first-order valence-electron chi connectivity index (χ1n) is 15.6. The standard InChI is InChI=1S/C34H48ClN3O3S/c1-22-19-36(28(32(40)41-34(5,6)7)18-23-11-12-24-9-8-10-25(24)17-23)15-16-38(22)31(39)27-21-37(33(2,3)4)20-26(27)29-13-14-30(35)42-29/h11-14,17,22,26-28H,8-10,15-16,18-21H2,1-7H3/t22-,26?,27?,28-/m0/s1. The van der Waals surface area contributed by atoms with Gasteiger partial charge in [-0.2, -0.15) is 0 Å². The zero-order valence-corrected chi connectivity index (χ0v) is 28.0. The first-order chi connectivity index (χ1) is 19.7. The fourth-order valence-electron chi connectivity index (χ4n) is 6.93. The van der Waals surface area contributed by atoms with Crippen LogP contribution in [0.5, 0.6) is 0 Å². The fourth-order valence-corrected chi connectivity index (χ4v) is 8.15. The maximum Gasteiger partial charge on any atom is 0.324 e. The van der Waals surface area contributed by atoms with Crippen molar-refractivity contribution in [2.45, 2.75) is 103 Å². The molecule has 3 heterocycles. The van der Waals surface area contributed by atoms with Crippen molar-refractivity contribution in [2.24, 2.45) is 5.92 Å². The smallest absolute Gasteiger partial charge is 0.324 e. The number of carbonyl (C=O) groups excluding carboxylic acids is 2. The Morgan fingerprint density at radius 2 is 1.74 bits per heavy atom. The molecule has 1 aliphatic carbocycles. The summed E-state index contributed by atoms with van der Waals surface area (Å²) in [5.74, 6) is 0.0619. The van der Waals surface area contributed by atoms with E-state index in [0.29, 0.717) is 26.1 Å². The number of likely N-dealkylation sites (tertiary alicyclic amines) is 1. The van der Waals surface area contributed by atoms with Crippen molar-refractivity contribution in [3.63, 3.8) is 0 Å². The number of piperazine rings is 1. The minimum Gasteiger partial charge on any atom is -0.459 e. The number of halogens is 1. The largest absolute Gasteiger partial charge is 0.459 e. The van der Waals surface area contributed by atoms with E-state index in [1.54, 1.807) is 11.3 Å². The van der Waals surface area contributed by atoms with E-state index in [0.717, 1.165) is 30.3 Å². The molecule has 6 nitrogen and oxygen atoms in total. The Morgan fingerprint density at radius 3 is 2.38 bits per heavy atom. The molecule has 0 bridgehead atoms. The highest BCUT2D eigenvalue weighted by Gasteiger charge is 2.46. The van der Waals surface area contributed by atoms with Gasteiger partial charge >= 0.3 is 5.97 Å². The van der Waals surface area contributed by atoms with E-state index in [2.05, 4.69) is 66.7 Å². The van der Waals surface area contributed by atoms with E-state index in [4.69, 9.17) is 16.3 Å². The van der Waals surface area contributed by atoms with Crippen LogP contribution in [0.2, 0.25) is 4.34 Å². The molecule has 0 radical (unpaired) electrons. The van der Waals surface area contributed by atoms with Crippen molar-refractivity contribution in [1.82, 2.24) is 14.7 Å². The molecule has 8 heteroatoms. The highest BCUT2D eigenvalue weighted by Crippen LogP contribution is 2.41. The molecule has 2 saturated heterocycles. The number of amides is 1. The molecule has 5 rings (SSSR count). The fraction of sp³-hybridized carbons (Fsp3) is 0.647. The number of hydrogen-bond donors (Lipinski definition) is 0. The molecule has 1 aromatic carbocycles. The van der Waals surface area contributed by atoms with Gasteiger partial charge in [0.2, 0.25) is 5.91 Å². The third-order valence-electron chi connectivity index (χ3n) is 9.20. The van der Waals surface area contributed by atoms with E-state index >= 15 is 0 Å². The molecule has 3 aliphatic rings. The summed E-state index contributed by atoms with van der Waals surface area (Å²) in [6.45, 7) is 18.1. The lowest BCUT2D eigenvalue weighted by Crippen LogP contribution is -2.60. The quantitative estimate of drug-likeness (QED) is 0.364.